The van der Waals surface area contributed by atoms with E-state index in [1.807, 2.05) is 17.2 Å². The number of nitrogens with zero attached hydrogens (tertiary/aromatic N) is 3. The quantitative estimate of drug-likeness (QED) is 0.598. The van der Waals surface area contributed by atoms with E-state index in [1.165, 1.54) is 32.1 Å². The van der Waals surface area contributed by atoms with Gasteiger partial charge in [0.15, 0.2) is 0 Å². The first kappa shape index (κ1) is 18.9. The molecule has 1 atom stereocenters. The Morgan fingerprint density at radius 3 is 2.59 bits per heavy atom. The van der Waals surface area contributed by atoms with Gasteiger partial charge in [-0.05, 0) is 56.7 Å². The summed E-state index contributed by atoms with van der Waals surface area (Å²) in [6.07, 6.45) is 12.2. The lowest BCUT2D eigenvalue weighted by atomic mass is 10.0. The first-order chi connectivity index (χ1) is 13.2. The van der Waals surface area contributed by atoms with E-state index >= 15 is 0 Å². The molecule has 4 rings (SSSR count). The molecule has 0 aromatic carbocycles. The number of nitrogens with two attached hydrogens (primary N) is 1. The van der Waals surface area contributed by atoms with Crippen molar-refractivity contribution in [3.63, 3.8) is 0 Å². The summed E-state index contributed by atoms with van der Waals surface area (Å²) in [6, 6.07) is 0.670. The standard InChI is InChI=1S/C20H34N6O/c21-26-11-7-17(8-12-26)24-9-2-10-25(14-13-24)19-4-1-3-18(23-19)20(27)22-15-16-5-6-16/h1,3-4,16-17,19,23H,2,5-15,21H2,(H,22,27). The van der Waals surface area contributed by atoms with Crippen LogP contribution < -0.4 is 16.5 Å². The van der Waals surface area contributed by atoms with Crippen LogP contribution in [0.1, 0.15) is 32.1 Å². The number of rotatable bonds is 5. The highest BCUT2D eigenvalue weighted by atomic mass is 16.2. The van der Waals surface area contributed by atoms with Gasteiger partial charge in [-0.3, -0.25) is 20.4 Å². The van der Waals surface area contributed by atoms with Crippen LogP contribution in [0.15, 0.2) is 23.9 Å². The molecule has 0 bridgehead atoms. The Kier molecular flexibility index (Phi) is 6.12. The van der Waals surface area contributed by atoms with Crippen LogP contribution in [0.2, 0.25) is 0 Å². The van der Waals surface area contributed by atoms with E-state index in [0.717, 1.165) is 45.8 Å². The van der Waals surface area contributed by atoms with Crippen molar-refractivity contribution < 1.29 is 4.79 Å². The predicted molar refractivity (Wildman–Crippen MR) is 106 cm³/mol. The maximum Gasteiger partial charge on any atom is 0.267 e. The van der Waals surface area contributed by atoms with E-state index < -0.39 is 0 Å². The molecule has 1 amide bonds. The van der Waals surface area contributed by atoms with Gasteiger partial charge in [0.05, 0.1) is 6.17 Å². The van der Waals surface area contributed by atoms with Crippen LogP contribution in [-0.2, 0) is 4.79 Å². The van der Waals surface area contributed by atoms with Crippen molar-refractivity contribution in [3.05, 3.63) is 23.9 Å². The lowest BCUT2D eigenvalue weighted by molar-refractivity contribution is -0.118. The van der Waals surface area contributed by atoms with Crippen molar-refractivity contribution in [3.8, 4) is 0 Å². The zero-order valence-electron chi connectivity index (χ0n) is 16.3. The molecule has 1 unspecified atom stereocenters. The Hall–Kier alpha value is -1.41. The molecular formula is C20H34N6O. The second-order valence-electron chi connectivity index (χ2n) is 8.40. The SMILES string of the molecule is NN1CCC(N2CCCN(C3C=CC=C(C(=O)NCC4CC4)N3)CC2)CC1. The fourth-order valence-electron chi connectivity index (χ4n) is 4.37. The van der Waals surface area contributed by atoms with Crippen LogP contribution in [0.4, 0.5) is 0 Å². The normalized spacial score (nSPS) is 29.1. The van der Waals surface area contributed by atoms with Gasteiger partial charge in [0.2, 0.25) is 0 Å². The van der Waals surface area contributed by atoms with Crippen LogP contribution in [0.3, 0.4) is 0 Å². The summed E-state index contributed by atoms with van der Waals surface area (Å²) in [5.41, 5.74) is 0.694. The molecule has 2 saturated heterocycles. The minimum atomic E-state index is 0.0289. The van der Waals surface area contributed by atoms with Crippen molar-refractivity contribution in [2.45, 2.75) is 44.3 Å². The van der Waals surface area contributed by atoms with E-state index in [4.69, 9.17) is 5.84 Å². The first-order valence-electron chi connectivity index (χ1n) is 10.6. The van der Waals surface area contributed by atoms with Gasteiger partial charge in [-0.15, -0.1) is 0 Å². The summed E-state index contributed by atoms with van der Waals surface area (Å²) in [4.78, 5) is 17.5. The monoisotopic (exact) mass is 374 g/mol. The second-order valence-corrected chi connectivity index (χ2v) is 8.40. The van der Waals surface area contributed by atoms with Crippen molar-refractivity contribution in [2.24, 2.45) is 11.8 Å². The minimum absolute atomic E-state index is 0.0289. The minimum Gasteiger partial charge on any atom is -0.362 e. The molecule has 4 N–H and O–H groups in total. The zero-order chi connectivity index (χ0) is 18.6. The smallest absolute Gasteiger partial charge is 0.267 e. The number of allylic oxidation sites excluding steroid dienone is 2. The molecule has 7 heteroatoms. The van der Waals surface area contributed by atoms with E-state index in [0.29, 0.717) is 17.7 Å². The molecule has 3 fully saturated rings. The van der Waals surface area contributed by atoms with Crippen LogP contribution in [0, 0.1) is 5.92 Å². The van der Waals surface area contributed by atoms with Crippen molar-refractivity contribution in [1.29, 1.82) is 0 Å². The topological polar surface area (TPSA) is 76.9 Å². The summed E-state index contributed by atoms with van der Waals surface area (Å²) >= 11 is 0. The highest BCUT2D eigenvalue weighted by Crippen LogP contribution is 2.27. The Balaban J connectivity index is 1.27. The molecule has 150 valence electrons. The van der Waals surface area contributed by atoms with E-state index in [9.17, 15) is 4.79 Å². The molecule has 3 aliphatic heterocycles. The van der Waals surface area contributed by atoms with Gasteiger partial charge in [0, 0.05) is 45.3 Å². The first-order valence-corrected chi connectivity index (χ1v) is 10.6. The van der Waals surface area contributed by atoms with E-state index in [1.54, 1.807) is 0 Å². The highest BCUT2D eigenvalue weighted by molar-refractivity contribution is 5.93. The molecule has 1 aliphatic carbocycles. The molecule has 4 aliphatic rings. The number of nitrogens with one attached hydrogen (secondary N) is 2. The zero-order valence-corrected chi connectivity index (χ0v) is 16.3. The molecule has 0 aromatic heterocycles. The molecule has 3 heterocycles. The number of piperidine rings is 1. The van der Waals surface area contributed by atoms with E-state index in [2.05, 4.69) is 26.5 Å². The van der Waals surface area contributed by atoms with Crippen molar-refractivity contribution in [2.75, 3.05) is 45.8 Å². The third-order valence-electron chi connectivity index (χ3n) is 6.33. The highest BCUT2D eigenvalue weighted by Gasteiger charge is 2.28. The molecule has 0 aromatic rings. The summed E-state index contributed by atoms with van der Waals surface area (Å²) in [5, 5.41) is 8.44. The Bertz CT molecular complexity index is 579. The summed E-state index contributed by atoms with van der Waals surface area (Å²) in [5.74, 6) is 6.64. The van der Waals surface area contributed by atoms with Crippen LogP contribution >= 0.6 is 0 Å². The van der Waals surface area contributed by atoms with Crippen LogP contribution in [0.5, 0.6) is 0 Å². The molecule has 7 nitrogen and oxygen atoms in total. The average molecular weight is 375 g/mol. The van der Waals surface area contributed by atoms with Crippen molar-refractivity contribution >= 4 is 5.91 Å². The van der Waals surface area contributed by atoms with Crippen LogP contribution in [-0.4, -0.2) is 78.7 Å². The van der Waals surface area contributed by atoms with Crippen molar-refractivity contribution in [1.82, 2.24) is 25.4 Å². The summed E-state index contributed by atoms with van der Waals surface area (Å²) < 4.78 is 0. The van der Waals surface area contributed by atoms with Gasteiger partial charge in [-0.25, -0.2) is 5.01 Å². The lowest BCUT2D eigenvalue weighted by Gasteiger charge is -2.37. The number of carbonyl (C=O) groups excluding carboxylic acids is 1. The van der Waals surface area contributed by atoms with Gasteiger partial charge in [0.1, 0.15) is 5.70 Å². The number of dihydropyridines is 1. The maximum atomic E-state index is 12.4. The Labute approximate surface area is 162 Å². The summed E-state index contributed by atoms with van der Waals surface area (Å²) in [6.45, 7) is 7.16. The van der Waals surface area contributed by atoms with Crippen LogP contribution in [0.25, 0.3) is 0 Å². The fraction of sp³-hybridized carbons (Fsp3) is 0.750. The Morgan fingerprint density at radius 2 is 1.81 bits per heavy atom. The number of hydrogen-bond acceptors (Lipinski definition) is 6. The second kappa shape index (κ2) is 8.73. The average Bonchev–Trinajstić information content (AvgIpc) is 3.53. The number of carbonyl (C=O) groups is 1. The molecular weight excluding hydrogens is 340 g/mol. The lowest BCUT2D eigenvalue weighted by Crippen LogP contribution is -2.50. The maximum absolute atomic E-state index is 12.4. The van der Waals surface area contributed by atoms with Gasteiger partial charge in [0.25, 0.3) is 5.91 Å². The largest absolute Gasteiger partial charge is 0.362 e. The van der Waals surface area contributed by atoms with Gasteiger partial charge in [-0.1, -0.05) is 6.08 Å². The van der Waals surface area contributed by atoms with Gasteiger partial charge < -0.3 is 10.6 Å². The fourth-order valence-corrected chi connectivity index (χ4v) is 4.37. The molecule has 1 saturated carbocycles. The summed E-state index contributed by atoms with van der Waals surface area (Å²) in [7, 11) is 0. The number of hydrazine groups is 1. The van der Waals surface area contributed by atoms with E-state index in [-0.39, 0.29) is 12.1 Å². The molecule has 0 spiro atoms. The third-order valence-corrected chi connectivity index (χ3v) is 6.33. The number of amides is 1. The Morgan fingerprint density at radius 1 is 1.07 bits per heavy atom. The third kappa shape index (κ3) is 5.10. The van der Waals surface area contributed by atoms with Gasteiger partial charge in [-0.2, -0.15) is 0 Å². The van der Waals surface area contributed by atoms with Gasteiger partial charge >= 0.3 is 0 Å². The molecule has 27 heavy (non-hydrogen) atoms. The molecule has 0 radical (unpaired) electrons. The predicted octanol–water partition coefficient (Wildman–Crippen LogP) is 0.228. The number of hydrogen-bond donors (Lipinski definition) is 3.